The molecule has 3 aromatic carbocycles. The minimum Gasteiger partial charge on any atom is -0.495 e. The molecule has 0 spiro atoms. The molecule has 0 bridgehead atoms. The first kappa shape index (κ1) is 25.3. The van der Waals surface area contributed by atoms with Crippen LogP contribution in [0.5, 0.6) is 5.75 Å². The normalized spacial score (nSPS) is 13.2. The van der Waals surface area contributed by atoms with E-state index >= 15 is 0 Å². The number of carbonyl (C=O) groups excluding carboxylic acids is 3. The molecule has 0 aliphatic carbocycles. The van der Waals surface area contributed by atoms with E-state index in [0.717, 1.165) is 16.7 Å². The van der Waals surface area contributed by atoms with Crippen molar-refractivity contribution >= 4 is 52.5 Å². The van der Waals surface area contributed by atoms with Gasteiger partial charge < -0.3 is 14.8 Å². The van der Waals surface area contributed by atoms with E-state index < -0.39 is 17.8 Å². The van der Waals surface area contributed by atoms with Crippen molar-refractivity contribution in [1.29, 1.82) is 0 Å². The number of nitrogens with zero attached hydrogens (tertiary/aromatic N) is 1. The molecule has 3 aromatic rings. The lowest BCUT2D eigenvalue weighted by Crippen LogP contribution is -2.33. The molecule has 36 heavy (non-hydrogen) atoms. The number of para-hydroxylation sites is 3. The van der Waals surface area contributed by atoms with Crippen molar-refractivity contribution in [3.05, 3.63) is 94.0 Å². The van der Waals surface area contributed by atoms with Gasteiger partial charge in [-0.15, -0.1) is 0 Å². The molecule has 0 fully saturated rings. The van der Waals surface area contributed by atoms with Gasteiger partial charge in [-0.1, -0.05) is 54.6 Å². The Morgan fingerprint density at radius 2 is 1.67 bits per heavy atom. The van der Waals surface area contributed by atoms with Crippen molar-refractivity contribution in [2.75, 3.05) is 23.9 Å². The van der Waals surface area contributed by atoms with Gasteiger partial charge in [-0.2, -0.15) is 0 Å². The summed E-state index contributed by atoms with van der Waals surface area (Å²) in [7, 11) is 1.52. The van der Waals surface area contributed by atoms with E-state index in [4.69, 9.17) is 21.1 Å². The third-order valence-corrected chi connectivity index (χ3v) is 6.59. The summed E-state index contributed by atoms with van der Waals surface area (Å²) in [5.74, 6) is -1.26. The number of nitrogens with one attached hydrogen (secondary N) is 1. The Labute approximate surface area is 218 Å². The van der Waals surface area contributed by atoms with E-state index in [1.54, 1.807) is 66.7 Å². The molecule has 1 aliphatic rings. The summed E-state index contributed by atoms with van der Waals surface area (Å²) < 4.78 is 10.7. The summed E-state index contributed by atoms with van der Waals surface area (Å²) in [6.45, 7) is 2.11. The van der Waals surface area contributed by atoms with Crippen LogP contribution in [-0.4, -0.2) is 31.5 Å². The second-order valence-corrected chi connectivity index (χ2v) is 9.20. The number of amides is 2. The van der Waals surface area contributed by atoms with Crippen LogP contribution in [0.4, 0.5) is 11.4 Å². The number of rotatable bonds is 9. The zero-order chi connectivity index (χ0) is 25.7. The van der Waals surface area contributed by atoms with Crippen molar-refractivity contribution < 1.29 is 23.9 Å². The number of benzene rings is 3. The second kappa shape index (κ2) is 11.3. The third-order valence-electron chi connectivity index (χ3n) is 5.24. The van der Waals surface area contributed by atoms with Crippen LogP contribution in [0, 0.1) is 0 Å². The van der Waals surface area contributed by atoms with Gasteiger partial charge in [0.1, 0.15) is 16.4 Å². The molecule has 2 amide bonds. The topological polar surface area (TPSA) is 84.9 Å². The maximum absolute atomic E-state index is 13.7. The molecule has 9 heteroatoms. The molecule has 7 nitrogen and oxygen atoms in total. The van der Waals surface area contributed by atoms with E-state index in [9.17, 15) is 14.4 Å². The van der Waals surface area contributed by atoms with Gasteiger partial charge in [0.15, 0.2) is 0 Å². The van der Waals surface area contributed by atoms with Gasteiger partial charge in [0, 0.05) is 9.92 Å². The number of hydrogen-bond acceptors (Lipinski definition) is 7. The highest BCUT2D eigenvalue weighted by molar-refractivity contribution is 8.04. The summed E-state index contributed by atoms with van der Waals surface area (Å²) in [5, 5.41) is 3.64. The molecule has 0 saturated carbocycles. The van der Waals surface area contributed by atoms with Crippen LogP contribution in [0.2, 0.25) is 5.02 Å². The van der Waals surface area contributed by atoms with Crippen LogP contribution in [0.3, 0.4) is 0 Å². The molecule has 4 rings (SSSR count). The van der Waals surface area contributed by atoms with E-state index in [1.165, 1.54) is 13.2 Å². The second-order valence-electron chi connectivity index (χ2n) is 7.68. The first-order valence-corrected chi connectivity index (χ1v) is 12.4. The minimum absolute atomic E-state index is 0.0705. The number of anilines is 2. The predicted molar refractivity (Wildman–Crippen MR) is 140 cm³/mol. The van der Waals surface area contributed by atoms with Crippen molar-refractivity contribution in [3.8, 4) is 5.75 Å². The highest BCUT2D eigenvalue weighted by Crippen LogP contribution is 2.40. The first-order chi connectivity index (χ1) is 17.4. The lowest BCUT2D eigenvalue weighted by atomic mass is 10.1. The van der Waals surface area contributed by atoms with E-state index in [2.05, 4.69) is 5.32 Å². The Morgan fingerprint density at radius 1 is 0.972 bits per heavy atom. The molecule has 0 aromatic heterocycles. The van der Waals surface area contributed by atoms with Crippen molar-refractivity contribution in [1.82, 2.24) is 0 Å². The number of hydrogen-bond donors (Lipinski definition) is 1. The van der Waals surface area contributed by atoms with Gasteiger partial charge in [0.2, 0.25) is 0 Å². The van der Waals surface area contributed by atoms with Gasteiger partial charge in [-0.3, -0.25) is 9.59 Å². The fourth-order valence-electron chi connectivity index (χ4n) is 3.55. The average molecular weight is 523 g/mol. The highest BCUT2D eigenvalue weighted by atomic mass is 35.5. The number of ether oxygens (including phenoxy) is 2. The van der Waals surface area contributed by atoms with E-state index in [1.807, 2.05) is 6.92 Å². The van der Waals surface area contributed by atoms with Gasteiger partial charge >= 0.3 is 5.97 Å². The van der Waals surface area contributed by atoms with E-state index in [-0.39, 0.29) is 28.5 Å². The summed E-state index contributed by atoms with van der Waals surface area (Å²) in [4.78, 5) is 42.0. The summed E-state index contributed by atoms with van der Waals surface area (Å²) in [5.41, 5.74) is 0.866. The molecule has 0 saturated heterocycles. The third kappa shape index (κ3) is 5.24. The zero-order valence-corrected chi connectivity index (χ0v) is 21.2. The summed E-state index contributed by atoms with van der Waals surface area (Å²) >= 11 is 7.14. The van der Waals surface area contributed by atoms with Crippen LogP contribution in [-0.2, 0) is 14.3 Å². The van der Waals surface area contributed by atoms with Crippen molar-refractivity contribution in [3.63, 3.8) is 0 Å². The minimum atomic E-state index is -0.605. The smallest absolute Gasteiger partial charge is 0.340 e. The number of carbonyl (C=O) groups is 3. The van der Waals surface area contributed by atoms with Gasteiger partial charge in [-0.05, 0) is 55.0 Å². The molecule has 0 unspecified atom stereocenters. The highest BCUT2D eigenvalue weighted by Gasteiger charge is 2.42. The van der Waals surface area contributed by atoms with Crippen molar-refractivity contribution in [2.45, 2.75) is 18.2 Å². The molecule has 1 aliphatic heterocycles. The van der Waals surface area contributed by atoms with Crippen LogP contribution >= 0.6 is 23.4 Å². The Morgan fingerprint density at radius 3 is 2.39 bits per heavy atom. The molecule has 1 N–H and O–H groups in total. The largest absolute Gasteiger partial charge is 0.495 e. The molecular formula is C27H23ClN2O5S. The number of imide groups is 1. The average Bonchev–Trinajstić information content (AvgIpc) is 3.12. The first-order valence-electron chi connectivity index (χ1n) is 11.2. The lowest BCUT2D eigenvalue weighted by molar-refractivity contribution is -0.120. The van der Waals surface area contributed by atoms with Crippen molar-refractivity contribution in [2.24, 2.45) is 0 Å². The maximum Gasteiger partial charge on any atom is 0.340 e. The monoisotopic (exact) mass is 522 g/mol. The standard InChI is InChI=1S/C27H23ClN2O5S/c1-3-16-35-27(33)19-8-4-6-10-21(19)30-25(31)23(29-20-9-5-7-11-22(20)34-2)24(26(30)32)36-18-14-12-17(28)13-15-18/h4-15,29H,3,16H2,1-2H3. The SMILES string of the molecule is CCCOC(=O)c1ccccc1N1C(=O)C(Nc2ccccc2OC)=C(Sc2ccc(Cl)cc2)C1=O. The van der Waals surface area contributed by atoms with Gasteiger partial charge in [0.05, 0.1) is 30.7 Å². The molecular weight excluding hydrogens is 500 g/mol. The fraction of sp³-hybridized carbons (Fsp3) is 0.148. The van der Waals surface area contributed by atoms with Gasteiger partial charge in [-0.25, -0.2) is 9.69 Å². The fourth-order valence-corrected chi connectivity index (χ4v) is 4.60. The molecule has 0 atom stereocenters. The Balaban J connectivity index is 1.77. The maximum atomic E-state index is 13.7. The Hall–Kier alpha value is -3.75. The predicted octanol–water partition coefficient (Wildman–Crippen LogP) is 5.90. The zero-order valence-electron chi connectivity index (χ0n) is 19.6. The van der Waals surface area contributed by atoms with Crippen LogP contribution in [0.1, 0.15) is 23.7 Å². The molecule has 0 radical (unpaired) electrons. The summed E-state index contributed by atoms with van der Waals surface area (Å²) in [6, 6.07) is 20.4. The number of halogens is 1. The van der Waals surface area contributed by atoms with E-state index in [0.29, 0.717) is 27.8 Å². The van der Waals surface area contributed by atoms with Crippen LogP contribution in [0.15, 0.2) is 88.3 Å². The number of thioether (sulfide) groups is 1. The van der Waals surface area contributed by atoms with Gasteiger partial charge in [0.25, 0.3) is 11.8 Å². The summed E-state index contributed by atoms with van der Waals surface area (Å²) in [6.07, 6.45) is 0.645. The molecule has 1 heterocycles. The Kier molecular flexibility index (Phi) is 7.97. The number of esters is 1. The Bertz CT molecular complexity index is 1340. The molecule has 184 valence electrons. The van der Waals surface area contributed by atoms with Crippen LogP contribution < -0.4 is 15.0 Å². The van der Waals surface area contributed by atoms with Crippen LogP contribution in [0.25, 0.3) is 0 Å². The lowest BCUT2D eigenvalue weighted by Gasteiger charge is -2.18. The number of methoxy groups -OCH3 is 1. The quantitative estimate of drug-likeness (QED) is 0.276.